The van der Waals surface area contributed by atoms with E-state index >= 15 is 0 Å². The number of amides is 1. The van der Waals surface area contributed by atoms with Gasteiger partial charge in [0.05, 0.1) is 40.3 Å². The lowest BCUT2D eigenvalue weighted by atomic mass is 10.1. The molecule has 1 saturated carbocycles. The first-order valence-corrected chi connectivity index (χ1v) is 11.9. The summed E-state index contributed by atoms with van der Waals surface area (Å²) in [4.78, 5) is 17.5. The molecule has 0 bridgehead atoms. The highest BCUT2D eigenvalue weighted by Gasteiger charge is 2.37. The van der Waals surface area contributed by atoms with Crippen LogP contribution in [-0.4, -0.2) is 30.5 Å². The first kappa shape index (κ1) is 24.0. The summed E-state index contributed by atoms with van der Waals surface area (Å²) in [6.45, 7) is 7.53. The fourth-order valence-electron chi connectivity index (χ4n) is 4.59. The third kappa shape index (κ3) is 4.47. The highest BCUT2D eigenvalue weighted by Crippen LogP contribution is 2.43. The summed E-state index contributed by atoms with van der Waals surface area (Å²) < 4.78 is 44.6. The van der Waals surface area contributed by atoms with Crippen molar-refractivity contribution in [1.82, 2.24) is 24.5 Å². The van der Waals surface area contributed by atoms with Crippen molar-refractivity contribution in [2.75, 3.05) is 5.32 Å². The van der Waals surface area contributed by atoms with E-state index in [0.29, 0.717) is 23.6 Å². The van der Waals surface area contributed by atoms with Gasteiger partial charge in [-0.25, -0.2) is 9.67 Å². The molecule has 1 aromatic carbocycles. The molecular weight excluding hydrogens is 469 g/mol. The van der Waals surface area contributed by atoms with Gasteiger partial charge in [-0.15, -0.1) is 0 Å². The SMILES string of the molecule is Cc1ccccc1Cn1nc(C)c(NC(=O)Cn2nc(C)c3c(C(F)(F)F)cc(C4CC4)nc32)c1C. The normalized spacial score (nSPS) is 14.0. The average Bonchev–Trinajstić information content (AvgIpc) is 3.57. The quantitative estimate of drug-likeness (QED) is 0.385. The number of benzene rings is 1. The number of anilines is 1. The van der Waals surface area contributed by atoms with Crippen molar-refractivity contribution in [2.24, 2.45) is 0 Å². The summed E-state index contributed by atoms with van der Waals surface area (Å²) >= 11 is 0. The number of nitrogens with one attached hydrogen (secondary N) is 1. The Balaban J connectivity index is 1.42. The number of aryl methyl sites for hydroxylation is 3. The second-order valence-electron chi connectivity index (χ2n) is 9.49. The van der Waals surface area contributed by atoms with Gasteiger partial charge in [0.2, 0.25) is 5.91 Å². The number of alkyl halides is 3. The lowest BCUT2D eigenvalue weighted by molar-refractivity contribution is -0.136. The van der Waals surface area contributed by atoms with Crippen molar-refractivity contribution in [3.63, 3.8) is 0 Å². The summed E-state index contributed by atoms with van der Waals surface area (Å²) in [5, 5.41) is 11.7. The van der Waals surface area contributed by atoms with Gasteiger partial charge < -0.3 is 5.32 Å². The van der Waals surface area contributed by atoms with Gasteiger partial charge in [-0.2, -0.15) is 23.4 Å². The zero-order valence-corrected chi connectivity index (χ0v) is 20.6. The van der Waals surface area contributed by atoms with E-state index in [9.17, 15) is 18.0 Å². The number of halogens is 3. The summed E-state index contributed by atoms with van der Waals surface area (Å²) in [7, 11) is 0. The van der Waals surface area contributed by atoms with E-state index in [0.717, 1.165) is 35.7 Å². The summed E-state index contributed by atoms with van der Waals surface area (Å²) in [5.41, 5.74) is 4.24. The van der Waals surface area contributed by atoms with Crippen LogP contribution in [0.25, 0.3) is 11.0 Å². The summed E-state index contributed by atoms with van der Waals surface area (Å²) in [5.74, 6) is -0.384. The van der Waals surface area contributed by atoms with Gasteiger partial charge in [-0.05, 0) is 57.7 Å². The number of aromatic nitrogens is 5. The molecule has 3 aromatic heterocycles. The second-order valence-corrected chi connectivity index (χ2v) is 9.49. The van der Waals surface area contributed by atoms with Gasteiger partial charge in [0, 0.05) is 11.6 Å². The van der Waals surface area contributed by atoms with E-state index in [4.69, 9.17) is 0 Å². The van der Waals surface area contributed by atoms with Crippen LogP contribution in [0.4, 0.5) is 18.9 Å². The standard InChI is InChI=1S/C26H27F3N6O/c1-14-7-5-6-8-19(14)12-34-17(4)24(16(3)33-34)31-22(36)13-35-25-23(15(2)32-35)20(26(27,28)29)11-21(30-25)18-9-10-18/h5-8,11,18H,9-10,12-13H2,1-4H3,(H,31,36). The smallest absolute Gasteiger partial charge is 0.321 e. The molecule has 3 heterocycles. The van der Waals surface area contributed by atoms with E-state index in [1.165, 1.54) is 11.6 Å². The van der Waals surface area contributed by atoms with Crippen LogP contribution in [0.2, 0.25) is 0 Å². The van der Waals surface area contributed by atoms with Crippen LogP contribution in [0, 0.1) is 27.7 Å². The highest BCUT2D eigenvalue weighted by molar-refractivity contribution is 5.93. The molecule has 1 aliphatic carbocycles. The van der Waals surface area contributed by atoms with Crippen LogP contribution in [0.3, 0.4) is 0 Å². The number of rotatable bonds is 6. The Hall–Kier alpha value is -3.69. The van der Waals surface area contributed by atoms with Gasteiger partial charge >= 0.3 is 6.18 Å². The van der Waals surface area contributed by atoms with Crippen LogP contribution < -0.4 is 5.32 Å². The molecule has 7 nitrogen and oxygen atoms in total. The van der Waals surface area contributed by atoms with Crippen LogP contribution in [-0.2, 0) is 24.1 Å². The lowest BCUT2D eigenvalue weighted by Gasteiger charge is -2.11. The Labute approximate surface area is 206 Å². The minimum absolute atomic E-state index is 0.0253. The Kier molecular flexibility index (Phi) is 5.84. The van der Waals surface area contributed by atoms with E-state index in [-0.39, 0.29) is 29.2 Å². The minimum Gasteiger partial charge on any atom is -0.321 e. The molecule has 10 heteroatoms. The number of fused-ring (bicyclic) bond motifs is 1. The number of hydrogen-bond donors (Lipinski definition) is 1. The average molecular weight is 497 g/mol. The maximum absolute atomic E-state index is 13.8. The molecule has 0 spiro atoms. The van der Waals surface area contributed by atoms with Gasteiger partial charge in [0.15, 0.2) is 5.65 Å². The predicted octanol–water partition coefficient (Wildman–Crippen LogP) is 5.44. The molecule has 0 atom stereocenters. The number of nitrogens with zero attached hydrogens (tertiary/aromatic N) is 5. The Morgan fingerprint density at radius 2 is 1.75 bits per heavy atom. The number of pyridine rings is 1. The topological polar surface area (TPSA) is 77.6 Å². The van der Waals surface area contributed by atoms with E-state index in [2.05, 4.69) is 20.5 Å². The van der Waals surface area contributed by atoms with Crippen LogP contribution in [0.15, 0.2) is 30.3 Å². The largest absolute Gasteiger partial charge is 0.417 e. The maximum atomic E-state index is 13.8. The molecule has 1 N–H and O–H groups in total. The molecule has 4 aromatic rings. The number of carbonyl (C=O) groups excluding carboxylic acids is 1. The van der Waals surface area contributed by atoms with Gasteiger partial charge in [0.25, 0.3) is 0 Å². The van der Waals surface area contributed by atoms with E-state index in [1.807, 2.05) is 49.7 Å². The van der Waals surface area contributed by atoms with Gasteiger partial charge in [-0.3, -0.25) is 9.48 Å². The number of carbonyl (C=O) groups is 1. The third-order valence-electron chi connectivity index (χ3n) is 6.72. The first-order valence-electron chi connectivity index (χ1n) is 11.9. The molecule has 36 heavy (non-hydrogen) atoms. The molecule has 0 aliphatic heterocycles. The van der Waals surface area contributed by atoms with Gasteiger partial charge in [0.1, 0.15) is 6.54 Å². The second kappa shape index (κ2) is 8.76. The third-order valence-corrected chi connectivity index (χ3v) is 6.72. The number of hydrogen-bond acceptors (Lipinski definition) is 4. The predicted molar refractivity (Wildman–Crippen MR) is 130 cm³/mol. The zero-order chi connectivity index (χ0) is 25.8. The van der Waals surface area contributed by atoms with Crippen molar-refractivity contribution < 1.29 is 18.0 Å². The van der Waals surface area contributed by atoms with Crippen LogP contribution in [0.5, 0.6) is 0 Å². The molecule has 1 fully saturated rings. The van der Waals surface area contributed by atoms with Gasteiger partial charge in [-0.1, -0.05) is 24.3 Å². The summed E-state index contributed by atoms with van der Waals surface area (Å²) in [6, 6.07) is 9.15. The molecule has 0 unspecified atom stereocenters. The maximum Gasteiger partial charge on any atom is 0.417 e. The Morgan fingerprint density at radius 3 is 2.42 bits per heavy atom. The molecule has 0 saturated heterocycles. The fraction of sp³-hybridized carbons (Fsp3) is 0.385. The van der Waals surface area contributed by atoms with E-state index in [1.54, 1.807) is 0 Å². The molecule has 0 radical (unpaired) electrons. The molecule has 1 amide bonds. The van der Waals surface area contributed by atoms with E-state index < -0.39 is 17.6 Å². The monoisotopic (exact) mass is 496 g/mol. The van der Waals surface area contributed by atoms with Crippen LogP contribution >= 0.6 is 0 Å². The Morgan fingerprint density at radius 1 is 1.06 bits per heavy atom. The first-order chi connectivity index (χ1) is 17.0. The van der Waals surface area contributed by atoms with Crippen molar-refractivity contribution in [3.05, 3.63) is 69.8 Å². The minimum atomic E-state index is -4.54. The highest BCUT2D eigenvalue weighted by atomic mass is 19.4. The van der Waals surface area contributed by atoms with Crippen molar-refractivity contribution >= 4 is 22.6 Å². The molecule has 1 aliphatic rings. The molecular formula is C26H27F3N6O. The van der Waals surface area contributed by atoms with Crippen molar-refractivity contribution in [2.45, 2.75) is 65.7 Å². The van der Waals surface area contributed by atoms with Crippen molar-refractivity contribution in [1.29, 1.82) is 0 Å². The lowest BCUT2D eigenvalue weighted by Crippen LogP contribution is -2.21. The van der Waals surface area contributed by atoms with Crippen LogP contribution in [0.1, 0.15) is 58.2 Å². The van der Waals surface area contributed by atoms with Crippen molar-refractivity contribution in [3.8, 4) is 0 Å². The zero-order valence-electron chi connectivity index (χ0n) is 20.6. The molecule has 5 rings (SSSR count). The fourth-order valence-corrected chi connectivity index (χ4v) is 4.59. The molecule has 188 valence electrons. The Bertz CT molecular complexity index is 1480. The summed E-state index contributed by atoms with van der Waals surface area (Å²) in [6.07, 6.45) is -2.91.